The Labute approximate surface area is 125 Å². The summed E-state index contributed by atoms with van der Waals surface area (Å²) in [6.07, 6.45) is 4.12. The summed E-state index contributed by atoms with van der Waals surface area (Å²) in [6.45, 7) is 3.86. The average molecular weight is 290 g/mol. The fraction of sp³-hybridized carbons (Fsp3) is 0.471. The third-order valence-corrected chi connectivity index (χ3v) is 4.23. The zero-order valence-electron chi connectivity index (χ0n) is 12.7. The molecular weight excluding hydrogens is 268 g/mol. The smallest absolute Gasteiger partial charge is 0.307 e. The SMILES string of the molecule is COc1c(C)cc(C(O)C2CC=CCC2C(=O)O)cc1C. The number of carboxylic acid groups (broad SMARTS) is 1. The maximum absolute atomic E-state index is 11.4. The van der Waals surface area contributed by atoms with Crippen LogP contribution in [-0.4, -0.2) is 23.3 Å². The first-order valence-corrected chi connectivity index (χ1v) is 7.16. The van der Waals surface area contributed by atoms with Crippen molar-refractivity contribution in [2.45, 2.75) is 32.8 Å². The highest BCUT2D eigenvalue weighted by molar-refractivity contribution is 5.71. The first-order valence-electron chi connectivity index (χ1n) is 7.16. The minimum Gasteiger partial charge on any atom is -0.496 e. The zero-order chi connectivity index (χ0) is 15.6. The highest BCUT2D eigenvalue weighted by Crippen LogP contribution is 2.38. The van der Waals surface area contributed by atoms with Crippen molar-refractivity contribution in [1.82, 2.24) is 0 Å². The fourth-order valence-corrected chi connectivity index (χ4v) is 3.19. The summed E-state index contributed by atoms with van der Waals surface area (Å²) in [5, 5.41) is 20.0. The van der Waals surface area contributed by atoms with E-state index in [0.717, 1.165) is 22.4 Å². The van der Waals surface area contributed by atoms with E-state index in [4.69, 9.17) is 4.74 Å². The highest BCUT2D eigenvalue weighted by Gasteiger charge is 2.34. The van der Waals surface area contributed by atoms with Crippen LogP contribution in [0.5, 0.6) is 5.75 Å². The monoisotopic (exact) mass is 290 g/mol. The average Bonchev–Trinajstić information content (AvgIpc) is 2.46. The number of rotatable bonds is 4. The molecule has 3 unspecified atom stereocenters. The van der Waals surface area contributed by atoms with Crippen molar-refractivity contribution >= 4 is 5.97 Å². The van der Waals surface area contributed by atoms with Crippen LogP contribution in [-0.2, 0) is 4.79 Å². The largest absolute Gasteiger partial charge is 0.496 e. The quantitative estimate of drug-likeness (QED) is 0.837. The lowest BCUT2D eigenvalue weighted by molar-refractivity contribution is -0.145. The number of aryl methyl sites for hydroxylation is 2. The first kappa shape index (κ1) is 15.6. The molecule has 2 N–H and O–H groups in total. The molecule has 0 aliphatic heterocycles. The maximum Gasteiger partial charge on any atom is 0.307 e. The third-order valence-electron chi connectivity index (χ3n) is 4.23. The Balaban J connectivity index is 2.33. The molecule has 0 fully saturated rings. The molecule has 0 saturated carbocycles. The normalized spacial score (nSPS) is 22.9. The van der Waals surface area contributed by atoms with Gasteiger partial charge in [-0.3, -0.25) is 4.79 Å². The molecule has 4 nitrogen and oxygen atoms in total. The molecule has 1 aromatic carbocycles. The summed E-state index contributed by atoms with van der Waals surface area (Å²) < 4.78 is 5.33. The van der Waals surface area contributed by atoms with E-state index in [1.807, 2.05) is 38.1 Å². The van der Waals surface area contributed by atoms with Crippen molar-refractivity contribution in [1.29, 1.82) is 0 Å². The summed E-state index contributed by atoms with van der Waals surface area (Å²) in [4.78, 5) is 11.4. The Bertz CT molecular complexity index is 539. The zero-order valence-corrected chi connectivity index (χ0v) is 12.7. The van der Waals surface area contributed by atoms with Crippen LogP contribution in [0.25, 0.3) is 0 Å². The van der Waals surface area contributed by atoms with Crippen LogP contribution in [0.4, 0.5) is 0 Å². The summed E-state index contributed by atoms with van der Waals surface area (Å²) >= 11 is 0. The van der Waals surface area contributed by atoms with E-state index in [2.05, 4.69) is 0 Å². The topological polar surface area (TPSA) is 66.8 Å². The Hall–Kier alpha value is -1.81. The standard InChI is InChI=1S/C17H22O4/c1-10-8-12(9-11(2)16(10)21-3)15(18)13-6-4-5-7-14(13)17(19)20/h4-5,8-9,13-15,18H,6-7H2,1-3H3,(H,19,20). The molecule has 0 heterocycles. The van der Waals surface area contributed by atoms with E-state index in [-0.39, 0.29) is 5.92 Å². The van der Waals surface area contributed by atoms with E-state index in [0.29, 0.717) is 12.8 Å². The van der Waals surface area contributed by atoms with E-state index >= 15 is 0 Å². The number of ether oxygens (including phenoxy) is 1. The van der Waals surface area contributed by atoms with Crippen molar-refractivity contribution in [3.8, 4) is 5.75 Å². The number of hydrogen-bond donors (Lipinski definition) is 2. The van der Waals surface area contributed by atoms with Crippen LogP contribution in [0, 0.1) is 25.7 Å². The molecule has 0 aromatic heterocycles. The number of hydrogen-bond acceptors (Lipinski definition) is 3. The van der Waals surface area contributed by atoms with Crippen LogP contribution in [0.3, 0.4) is 0 Å². The Morgan fingerprint density at radius 3 is 2.33 bits per heavy atom. The molecule has 0 spiro atoms. The summed E-state index contributed by atoms with van der Waals surface area (Å²) in [7, 11) is 1.62. The van der Waals surface area contributed by atoms with Crippen LogP contribution < -0.4 is 4.74 Å². The Morgan fingerprint density at radius 2 is 1.81 bits per heavy atom. The van der Waals surface area contributed by atoms with Gasteiger partial charge in [-0.05, 0) is 55.5 Å². The predicted octanol–water partition coefficient (Wildman–Crippen LogP) is 3.01. The van der Waals surface area contributed by atoms with Gasteiger partial charge in [0, 0.05) is 5.92 Å². The molecule has 3 atom stereocenters. The van der Waals surface area contributed by atoms with Gasteiger partial charge in [-0.2, -0.15) is 0 Å². The summed E-state index contributed by atoms with van der Waals surface area (Å²) in [5.74, 6) is -0.859. The number of aliphatic carboxylic acids is 1. The molecule has 0 radical (unpaired) electrons. The van der Waals surface area contributed by atoms with E-state index < -0.39 is 18.0 Å². The fourth-order valence-electron chi connectivity index (χ4n) is 3.19. The minimum atomic E-state index is -0.842. The number of aliphatic hydroxyl groups excluding tert-OH is 1. The van der Waals surface area contributed by atoms with Gasteiger partial charge in [0.2, 0.25) is 0 Å². The second-order valence-corrected chi connectivity index (χ2v) is 5.68. The van der Waals surface area contributed by atoms with Crippen molar-refractivity contribution in [3.63, 3.8) is 0 Å². The van der Waals surface area contributed by atoms with Crippen LogP contribution >= 0.6 is 0 Å². The van der Waals surface area contributed by atoms with Gasteiger partial charge in [-0.25, -0.2) is 0 Å². The molecule has 0 saturated heterocycles. The van der Waals surface area contributed by atoms with Gasteiger partial charge in [-0.1, -0.05) is 12.2 Å². The van der Waals surface area contributed by atoms with Crippen molar-refractivity contribution in [2.75, 3.05) is 7.11 Å². The van der Waals surface area contributed by atoms with Gasteiger partial charge < -0.3 is 14.9 Å². The number of allylic oxidation sites excluding steroid dienone is 2. The molecule has 114 valence electrons. The molecule has 1 aromatic rings. The maximum atomic E-state index is 11.4. The molecule has 1 aliphatic carbocycles. The summed E-state index contributed by atoms with van der Waals surface area (Å²) in [6, 6.07) is 3.77. The lowest BCUT2D eigenvalue weighted by Crippen LogP contribution is -2.29. The van der Waals surface area contributed by atoms with Gasteiger partial charge >= 0.3 is 5.97 Å². The third kappa shape index (κ3) is 3.10. The molecular formula is C17H22O4. The molecule has 4 heteroatoms. The second-order valence-electron chi connectivity index (χ2n) is 5.68. The summed E-state index contributed by atoms with van der Waals surface area (Å²) in [5.41, 5.74) is 2.66. The lowest BCUT2D eigenvalue weighted by Gasteiger charge is -2.30. The number of carbonyl (C=O) groups is 1. The number of benzene rings is 1. The molecule has 1 aliphatic rings. The molecule has 0 amide bonds. The van der Waals surface area contributed by atoms with Crippen LogP contribution in [0.15, 0.2) is 24.3 Å². The lowest BCUT2D eigenvalue weighted by atomic mass is 9.77. The van der Waals surface area contributed by atoms with Crippen LogP contribution in [0.2, 0.25) is 0 Å². The first-order chi connectivity index (χ1) is 9.95. The second kappa shape index (κ2) is 6.31. The van der Waals surface area contributed by atoms with E-state index in [9.17, 15) is 15.0 Å². The number of carboxylic acids is 1. The minimum absolute atomic E-state index is 0.292. The number of aliphatic hydroxyl groups is 1. The van der Waals surface area contributed by atoms with Crippen molar-refractivity contribution < 1.29 is 19.7 Å². The van der Waals surface area contributed by atoms with Gasteiger partial charge in [-0.15, -0.1) is 0 Å². The number of methoxy groups -OCH3 is 1. The van der Waals surface area contributed by atoms with Gasteiger partial charge in [0.05, 0.1) is 19.1 Å². The van der Waals surface area contributed by atoms with Crippen LogP contribution in [0.1, 0.15) is 35.6 Å². The predicted molar refractivity (Wildman–Crippen MR) is 80.4 cm³/mol. The van der Waals surface area contributed by atoms with Gasteiger partial charge in [0.15, 0.2) is 0 Å². The van der Waals surface area contributed by atoms with E-state index in [1.165, 1.54) is 0 Å². The van der Waals surface area contributed by atoms with Crippen molar-refractivity contribution in [2.24, 2.45) is 11.8 Å². The Kier molecular flexibility index (Phi) is 4.68. The highest BCUT2D eigenvalue weighted by atomic mass is 16.5. The van der Waals surface area contributed by atoms with Gasteiger partial charge in [0.1, 0.15) is 5.75 Å². The molecule has 2 rings (SSSR count). The Morgan fingerprint density at radius 1 is 1.24 bits per heavy atom. The van der Waals surface area contributed by atoms with Gasteiger partial charge in [0.25, 0.3) is 0 Å². The van der Waals surface area contributed by atoms with Crippen molar-refractivity contribution in [3.05, 3.63) is 41.0 Å². The molecule has 21 heavy (non-hydrogen) atoms. The molecule has 0 bridgehead atoms. The van der Waals surface area contributed by atoms with E-state index in [1.54, 1.807) is 7.11 Å².